The molecule has 0 saturated heterocycles. The molecule has 3 N–H and O–H groups in total. The zero-order chi connectivity index (χ0) is 18.8. The third kappa shape index (κ3) is 5.60. The van der Waals surface area contributed by atoms with Crippen molar-refractivity contribution in [3.8, 4) is 5.75 Å². The van der Waals surface area contributed by atoms with E-state index < -0.39 is 12.1 Å². The van der Waals surface area contributed by atoms with E-state index in [4.69, 9.17) is 4.74 Å². The molecule has 2 rings (SSSR count). The number of benzene rings is 2. The molecule has 0 bridgehead atoms. The first-order valence-corrected chi connectivity index (χ1v) is 8.64. The molecular weight excluding hydrogens is 330 g/mol. The first-order valence-electron chi connectivity index (χ1n) is 8.64. The van der Waals surface area contributed by atoms with Gasteiger partial charge in [-0.2, -0.15) is 0 Å². The quantitative estimate of drug-likeness (QED) is 0.679. The first-order chi connectivity index (χ1) is 12.7. The van der Waals surface area contributed by atoms with Gasteiger partial charge in [0.25, 0.3) is 0 Å². The Morgan fingerprint density at radius 1 is 1.04 bits per heavy atom. The summed E-state index contributed by atoms with van der Waals surface area (Å²) in [5.41, 5.74) is 1.85. The van der Waals surface area contributed by atoms with Gasteiger partial charge in [-0.3, -0.25) is 10.1 Å². The van der Waals surface area contributed by atoms with E-state index >= 15 is 0 Å². The molecule has 3 amide bonds. The standard InChI is InChI=1S/C20H25N3O3/c1-3-21-20(25)23-19(24)18(16-10-5-4-6-11-16)22-14-13-15-9-7-8-12-17(15)26-2/h4-12,18,22H,3,13-14H2,1-2H3,(H2,21,23,24,25)/t18-/m1/s1. The second-order valence-electron chi connectivity index (χ2n) is 5.71. The molecule has 26 heavy (non-hydrogen) atoms. The summed E-state index contributed by atoms with van der Waals surface area (Å²) in [6.07, 6.45) is 0.696. The zero-order valence-corrected chi connectivity index (χ0v) is 15.1. The highest BCUT2D eigenvalue weighted by Gasteiger charge is 2.21. The second kappa shape index (κ2) is 10.2. The number of rotatable bonds is 8. The summed E-state index contributed by atoms with van der Waals surface area (Å²) in [5.74, 6) is 0.430. The highest BCUT2D eigenvalue weighted by atomic mass is 16.5. The van der Waals surface area contributed by atoms with Gasteiger partial charge in [0.2, 0.25) is 5.91 Å². The molecule has 0 aliphatic rings. The average Bonchev–Trinajstić information content (AvgIpc) is 2.66. The highest BCUT2D eigenvalue weighted by molar-refractivity contribution is 5.97. The van der Waals surface area contributed by atoms with E-state index in [1.807, 2.05) is 54.6 Å². The van der Waals surface area contributed by atoms with Crippen LogP contribution in [0, 0.1) is 0 Å². The fourth-order valence-electron chi connectivity index (χ4n) is 2.66. The molecule has 2 aromatic rings. The lowest BCUT2D eigenvalue weighted by atomic mass is 10.1. The van der Waals surface area contributed by atoms with Crippen molar-refractivity contribution >= 4 is 11.9 Å². The number of hydrogen-bond acceptors (Lipinski definition) is 4. The van der Waals surface area contributed by atoms with E-state index in [1.54, 1.807) is 14.0 Å². The lowest BCUT2D eigenvalue weighted by molar-refractivity contribution is -0.122. The van der Waals surface area contributed by atoms with E-state index in [9.17, 15) is 9.59 Å². The molecular formula is C20H25N3O3. The van der Waals surface area contributed by atoms with Gasteiger partial charge >= 0.3 is 6.03 Å². The summed E-state index contributed by atoms with van der Waals surface area (Å²) in [6, 6.07) is 16.0. The lowest BCUT2D eigenvalue weighted by Gasteiger charge is -2.19. The molecule has 0 radical (unpaired) electrons. The van der Waals surface area contributed by atoms with Gasteiger partial charge in [0.15, 0.2) is 0 Å². The number of methoxy groups -OCH3 is 1. The minimum absolute atomic E-state index is 0.387. The second-order valence-corrected chi connectivity index (χ2v) is 5.71. The van der Waals surface area contributed by atoms with Crippen molar-refractivity contribution in [2.45, 2.75) is 19.4 Å². The van der Waals surface area contributed by atoms with E-state index in [2.05, 4.69) is 16.0 Å². The Kier molecular flexibility index (Phi) is 7.64. The maximum absolute atomic E-state index is 12.5. The predicted molar refractivity (Wildman–Crippen MR) is 101 cm³/mol. The van der Waals surface area contributed by atoms with Crippen molar-refractivity contribution in [3.05, 3.63) is 65.7 Å². The van der Waals surface area contributed by atoms with E-state index in [0.29, 0.717) is 19.5 Å². The molecule has 0 spiro atoms. The lowest BCUT2D eigenvalue weighted by Crippen LogP contribution is -2.45. The summed E-state index contributed by atoms with van der Waals surface area (Å²) in [7, 11) is 1.64. The SMILES string of the molecule is CCNC(=O)NC(=O)[C@H](NCCc1ccccc1OC)c1ccccc1. The van der Waals surface area contributed by atoms with Crippen LogP contribution in [0.25, 0.3) is 0 Å². The predicted octanol–water partition coefficient (Wildman–Crippen LogP) is 2.41. The van der Waals surface area contributed by atoms with Crippen LogP contribution in [0.3, 0.4) is 0 Å². The Morgan fingerprint density at radius 3 is 2.42 bits per heavy atom. The molecule has 0 aromatic heterocycles. The number of amides is 3. The molecule has 0 unspecified atom stereocenters. The molecule has 0 heterocycles. The first kappa shape index (κ1) is 19.5. The number of hydrogen-bond donors (Lipinski definition) is 3. The number of urea groups is 1. The normalized spacial score (nSPS) is 11.5. The molecule has 2 aromatic carbocycles. The number of ether oxygens (including phenoxy) is 1. The average molecular weight is 355 g/mol. The van der Waals surface area contributed by atoms with Gasteiger partial charge in [0.1, 0.15) is 11.8 Å². The molecule has 0 saturated carbocycles. The van der Waals surface area contributed by atoms with Crippen LogP contribution in [0.1, 0.15) is 24.1 Å². The molecule has 138 valence electrons. The zero-order valence-electron chi connectivity index (χ0n) is 15.1. The fourth-order valence-corrected chi connectivity index (χ4v) is 2.66. The van der Waals surface area contributed by atoms with Crippen molar-refractivity contribution in [2.75, 3.05) is 20.2 Å². The van der Waals surface area contributed by atoms with Gasteiger partial charge in [0.05, 0.1) is 7.11 Å². The topological polar surface area (TPSA) is 79.5 Å². The Morgan fingerprint density at radius 2 is 1.73 bits per heavy atom. The van der Waals surface area contributed by atoms with Gasteiger partial charge in [-0.1, -0.05) is 48.5 Å². The van der Waals surface area contributed by atoms with Crippen LogP contribution in [0.2, 0.25) is 0 Å². The number of nitrogens with one attached hydrogen (secondary N) is 3. The van der Waals surface area contributed by atoms with Gasteiger partial charge in [-0.15, -0.1) is 0 Å². The van der Waals surface area contributed by atoms with Crippen LogP contribution in [-0.4, -0.2) is 32.1 Å². The van der Waals surface area contributed by atoms with Crippen LogP contribution in [0.5, 0.6) is 5.75 Å². The van der Waals surface area contributed by atoms with Crippen molar-refractivity contribution in [1.29, 1.82) is 0 Å². The summed E-state index contributed by atoms with van der Waals surface area (Å²) in [6.45, 7) is 2.81. The van der Waals surface area contributed by atoms with E-state index in [0.717, 1.165) is 16.9 Å². The van der Waals surface area contributed by atoms with E-state index in [1.165, 1.54) is 0 Å². The van der Waals surface area contributed by atoms with Crippen LogP contribution >= 0.6 is 0 Å². The van der Waals surface area contributed by atoms with Gasteiger partial charge < -0.3 is 15.4 Å². The van der Waals surface area contributed by atoms with Crippen molar-refractivity contribution in [2.24, 2.45) is 0 Å². The maximum atomic E-state index is 12.5. The van der Waals surface area contributed by atoms with Gasteiger partial charge in [-0.25, -0.2) is 4.79 Å². The summed E-state index contributed by atoms with van der Waals surface area (Å²) >= 11 is 0. The Hall–Kier alpha value is -2.86. The summed E-state index contributed by atoms with van der Waals surface area (Å²) < 4.78 is 5.35. The minimum atomic E-state index is -0.617. The van der Waals surface area contributed by atoms with Crippen LogP contribution in [0.15, 0.2) is 54.6 Å². The molecule has 0 fully saturated rings. The van der Waals surface area contributed by atoms with Gasteiger partial charge in [-0.05, 0) is 30.5 Å². The molecule has 6 heteroatoms. The molecule has 0 aliphatic carbocycles. The van der Waals surface area contributed by atoms with Crippen LogP contribution in [0.4, 0.5) is 4.79 Å². The van der Waals surface area contributed by atoms with E-state index in [-0.39, 0.29) is 5.91 Å². The molecule has 0 aliphatic heterocycles. The monoisotopic (exact) mass is 355 g/mol. The summed E-state index contributed by atoms with van der Waals surface area (Å²) in [4.78, 5) is 24.2. The Balaban J connectivity index is 2.04. The maximum Gasteiger partial charge on any atom is 0.321 e. The molecule has 6 nitrogen and oxygen atoms in total. The van der Waals surface area contributed by atoms with Gasteiger partial charge in [0, 0.05) is 13.1 Å². The third-order valence-corrected chi connectivity index (χ3v) is 3.90. The number of carbonyl (C=O) groups excluding carboxylic acids is 2. The van der Waals surface area contributed by atoms with Crippen molar-refractivity contribution in [1.82, 2.24) is 16.0 Å². The number of carbonyl (C=O) groups is 2. The Labute approximate surface area is 153 Å². The smallest absolute Gasteiger partial charge is 0.321 e. The Bertz CT molecular complexity index is 719. The number of imide groups is 1. The fraction of sp³-hybridized carbons (Fsp3) is 0.300. The van der Waals surface area contributed by atoms with Crippen molar-refractivity contribution in [3.63, 3.8) is 0 Å². The van der Waals surface area contributed by atoms with Crippen LogP contribution < -0.4 is 20.7 Å². The minimum Gasteiger partial charge on any atom is -0.496 e. The highest BCUT2D eigenvalue weighted by Crippen LogP contribution is 2.18. The summed E-state index contributed by atoms with van der Waals surface area (Å²) in [5, 5.41) is 8.17. The number of para-hydroxylation sites is 1. The van der Waals surface area contributed by atoms with Crippen LogP contribution in [-0.2, 0) is 11.2 Å². The largest absolute Gasteiger partial charge is 0.496 e. The third-order valence-electron chi connectivity index (χ3n) is 3.90. The molecule has 1 atom stereocenters. The van der Waals surface area contributed by atoms with Crippen molar-refractivity contribution < 1.29 is 14.3 Å².